The smallest absolute Gasteiger partial charge is 0.0584 e. The van der Waals surface area contributed by atoms with Crippen molar-refractivity contribution in [3.05, 3.63) is 12.2 Å². The Bertz CT molecular complexity index is 427. The van der Waals surface area contributed by atoms with Crippen molar-refractivity contribution in [2.45, 2.75) is 71.3 Å². The largest absolute Gasteiger partial charge is 0.393 e. The summed E-state index contributed by atoms with van der Waals surface area (Å²) < 4.78 is 0. The topological polar surface area (TPSA) is 20.2 Å². The SMILES string of the molecule is C[C@@]12C=CC[C@H]1[C@@H]1CCC3CCCC[C@]3(C)[C@H]1[C@@H](O)C2. The Morgan fingerprint density at radius 3 is 2.80 bits per heavy atom. The normalized spacial score (nSPS) is 57.9. The zero-order valence-electron chi connectivity index (χ0n) is 13.1. The Kier molecular flexibility index (Phi) is 2.91. The molecule has 4 rings (SSSR count). The van der Waals surface area contributed by atoms with Gasteiger partial charge in [-0.3, -0.25) is 0 Å². The molecule has 1 nitrogen and oxygen atoms in total. The summed E-state index contributed by atoms with van der Waals surface area (Å²) in [6, 6.07) is 0. The van der Waals surface area contributed by atoms with Crippen LogP contribution in [0.4, 0.5) is 0 Å². The van der Waals surface area contributed by atoms with Gasteiger partial charge in [0.15, 0.2) is 0 Å². The molecule has 0 bridgehead atoms. The highest BCUT2D eigenvalue weighted by atomic mass is 16.3. The Labute approximate surface area is 123 Å². The monoisotopic (exact) mass is 274 g/mol. The summed E-state index contributed by atoms with van der Waals surface area (Å²) in [4.78, 5) is 0. The number of hydrogen-bond acceptors (Lipinski definition) is 1. The van der Waals surface area contributed by atoms with Crippen molar-refractivity contribution in [3.8, 4) is 0 Å². The third-order valence-electron chi connectivity index (χ3n) is 7.84. The van der Waals surface area contributed by atoms with Crippen LogP contribution in [0, 0.1) is 34.5 Å². The lowest BCUT2D eigenvalue weighted by atomic mass is 9.44. The fourth-order valence-corrected chi connectivity index (χ4v) is 6.92. The van der Waals surface area contributed by atoms with Gasteiger partial charge in [-0.15, -0.1) is 0 Å². The van der Waals surface area contributed by atoms with Gasteiger partial charge in [0.2, 0.25) is 0 Å². The van der Waals surface area contributed by atoms with Crippen LogP contribution >= 0.6 is 0 Å². The molecule has 4 aliphatic rings. The first kappa shape index (κ1) is 13.4. The van der Waals surface area contributed by atoms with Crippen LogP contribution in [-0.4, -0.2) is 11.2 Å². The zero-order chi connectivity index (χ0) is 14.0. The molecule has 0 aliphatic heterocycles. The molecule has 0 aromatic rings. The molecule has 0 spiro atoms. The molecule has 1 N–H and O–H groups in total. The fraction of sp³-hybridized carbons (Fsp3) is 0.895. The lowest BCUT2D eigenvalue weighted by molar-refractivity contribution is -0.156. The van der Waals surface area contributed by atoms with Gasteiger partial charge in [0, 0.05) is 0 Å². The summed E-state index contributed by atoms with van der Waals surface area (Å²) in [5.74, 6) is 3.07. The second-order valence-electron chi connectivity index (χ2n) is 8.74. The van der Waals surface area contributed by atoms with E-state index in [2.05, 4.69) is 26.0 Å². The number of rotatable bonds is 0. The third kappa shape index (κ3) is 1.65. The molecule has 3 fully saturated rings. The van der Waals surface area contributed by atoms with E-state index in [-0.39, 0.29) is 6.10 Å². The van der Waals surface area contributed by atoms with Crippen LogP contribution in [0.1, 0.15) is 65.2 Å². The number of aliphatic hydroxyl groups is 1. The van der Waals surface area contributed by atoms with Crippen LogP contribution in [-0.2, 0) is 0 Å². The number of hydrogen-bond donors (Lipinski definition) is 1. The van der Waals surface area contributed by atoms with Crippen LogP contribution < -0.4 is 0 Å². The van der Waals surface area contributed by atoms with E-state index in [1.807, 2.05) is 0 Å². The van der Waals surface area contributed by atoms with E-state index in [9.17, 15) is 5.11 Å². The van der Waals surface area contributed by atoms with Gasteiger partial charge in [0.05, 0.1) is 6.10 Å². The highest BCUT2D eigenvalue weighted by Gasteiger charge is 2.59. The van der Waals surface area contributed by atoms with Crippen molar-refractivity contribution in [2.75, 3.05) is 0 Å². The molecular weight excluding hydrogens is 244 g/mol. The van der Waals surface area contributed by atoms with Gasteiger partial charge in [-0.25, -0.2) is 0 Å². The molecular formula is C19H30O. The van der Waals surface area contributed by atoms with Gasteiger partial charge in [0.25, 0.3) is 0 Å². The van der Waals surface area contributed by atoms with Gasteiger partial charge in [-0.2, -0.15) is 0 Å². The van der Waals surface area contributed by atoms with E-state index >= 15 is 0 Å². The molecule has 0 radical (unpaired) electrons. The number of aliphatic hydroxyl groups excluding tert-OH is 1. The van der Waals surface area contributed by atoms with Crippen LogP contribution in [0.15, 0.2) is 12.2 Å². The first-order chi connectivity index (χ1) is 9.55. The predicted octanol–water partition coefficient (Wildman–Crippen LogP) is 4.56. The van der Waals surface area contributed by atoms with Gasteiger partial charge >= 0.3 is 0 Å². The van der Waals surface area contributed by atoms with Gasteiger partial charge in [-0.1, -0.05) is 38.8 Å². The molecule has 0 aromatic carbocycles. The van der Waals surface area contributed by atoms with Crippen molar-refractivity contribution in [1.29, 1.82) is 0 Å². The van der Waals surface area contributed by atoms with E-state index in [4.69, 9.17) is 0 Å². The molecule has 20 heavy (non-hydrogen) atoms. The molecule has 0 saturated heterocycles. The average Bonchev–Trinajstić information content (AvgIpc) is 2.78. The molecule has 3 saturated carbocycles. The van der Waals surface area contributed by atoms with Crippen LogP contribution in [0.2, 0.25) is 0 Å². The van der Waals surface area contributed by atoms with E-state index in [1.54, 1.807) is 0 Å². The highest BCUT2D eigenvalue weighted by molar-refractivity contribution is 5.17. The van der Waals surface area contributed by atoms with E-state index < -0.39 is 0 Å². The van der Waals surface area contributed by atoms with E-state index in [0.717, 1.165) is 24.2 Å². The quantitative estimate of drug-likeness (QED) is 0.642. The van der Waals surface area contributed by atoms with E-state index in [1.165, 1.54) is 44.9 Å². The molecule has 4 aliphatic carbocycles. The van der Waals surface area contributed by atoms with Crippen molar-refractivity contribution in [1.82, 2.24) is 0 Å². The number of fused-ring (bicyclic) bond motifs is 5. The first-order valence-electron chi connectivity index (χ1n) is 8.90. The molecule has 112 valence electrons. The van der Waals surface area contributed by atoms with Gasteiger partial charge in [0.1, 0.15) is 0 Å². The average molecular weight is 274 g/mol. The van der Waals surface area contributed by atoms with E-state index in [0.29, 0.717) is 16.7 Å². The van der Waals surface area contributed by atoms with Crippen LogP contribution in [0.25, 0.3) is 0 Å². The van der Waals surface area contributed by atoms with Crippen LogP contribution in [0.5, 0.6) is 0 Å². The Hall–Kier alpha value is -0.300. The molecule has 0 heterocycles. The lowest BCUT2D eigenvalue weighted by Gasteiger charge is -2.61. The van der Waals surface area contributed by atoms with Gasteiger partial charge < -0.3 is 5.11 Å². The van der Waals surface area contributed by atoms with Crippen molar-refractivity contribution < 1.29 is 5.11 Å². The minimum Gasteiger partial charge on any atom is -0.393 e. The number of allylic oxidation sites excluding steroid dienone is 2. The maximum absolute atomic E-state index is 11.0. The van der Waals surface area contributed by atoms with Crippen molar-refractivity contribution >= 4 is 0 Å². The second-order valence-corrected chi connectivity index (χ2v) is 8.74. The van der Waals surface area contributed by atoms with Crippen molar-refractivity contribution in [3.63, 3.8) is 0 Å². The lowest BCUT2D eigenvalue weighted by Crippen LogP contribution is -2.57. The minimum absolute atomic E-state index is 0.0603. The second kappa shape index (κ2) is 4.35. The summed E-state index contributed by atoms with van der Waals surface area (Å²) in [5.41, 5.74) is 0.725. The maximum Gasteiger partial charge on any atom is 0.0584 e. The molecule has 0 aromatic heterocycles. The molecule has 1 unspecified atom stereocenters. The van der Waals surface area contributed by atoms with Gasteiger partial charge in [-0.05, 0) is 73.0 Å². The predicted molar refractivity (Wildman–Crippen MR) is 82.3 cm³/mol. The summed E-state index contributed by atoms with van der Waals surface area (Å²) >= 11 is 0. The zero-order valence-corrected chi connectivity index (χ0v) is 13.1. The minimum atomic E-state index is -0.0603. The van der Waals surface area contributed by atoms with Crippen molar-refractivity contribution in [2.24, 2.45) is 34.5 Å². The first-order valence-corrected chi connectivity index (χ1v) is 8.90. The maximum atomic E-state index is 11.0. The highest BCUT2D eigenvalue weighted by Crippen LogP contribution is 2.64. The fourth-order valence-electron chi connectivity index (χ4n) is 6.92. The Morgan fingerprint density at radius 2 is 1.95 bits per heavy atom. The molecule has 0 amide bonds. The summed E-state index contributed by atoms with van der Waals surface area (Å²) in [7, 11) is 0. The Balaban J connectivity index is 1.70. The third-order valence-corrected chi connectivity index (χ3v) is 7.84. The van der Waals surface area contributed by atoms with Crippen LogP contribution in [0.3, 0.4) is 0 Å². The Morgan fingerprint density at radius 1 is 1.10 bits per heavy atom. The standard InChI is InChI=1S/C19H30O/c1-18-10-5-7-15(18)14-9-8-13-6-3-4-11-19(13,2)17(14)16(20)12-18/h5,10,13-17,20H,3-4,6-9,11-12H2,1-2H3/t13?,14-,15-,16-,17+,18-,19-/m0/s1. The summed E-state index contributed by atoms with van der Waals surface area (Å²) in [6.45, 7) is 4.93. The summed E-state index contributed by atoms with van der Waals surface area (Å²) in [5, 5.41) is 11.0. The molecule has 7 atom stereocenters. The molecule has 1 heteroatoms. The summed E-state index contributed by atoms with van der Waals surface area (Å²) in [6.07, 6.45) is 15.5.